The molecule has 1 saturated heterocycles. The predicted molar refractivity (Wildman–Crippen MR) is 175 cm³/mol. The molecule has 2 atom stereocenters. The molecule has 1 fully saturated rings. The average Bonchev–Trinajstić information content (AvgIpc) is 3.43. The monoisotopic (exact) mass is 615 g/mol. The maximum Gasteiger partial charge on any atom is 0.337 e. The van der Waals surface area contributed by atoms with Crippen molar-refractivity contribution in [1.29, 1.82) is 0 Å². The van der Waals surface area contributed by atoms with Crippen molar-refractivity contribution in [2.24, 2.45) is 0 Å². The molecule has 0 radical (unpaired) electrons. The highest BCUT2D eigenvalue weighted by molar-refractivity contribution is 5.80. The second-order valence-corrected chi connectivity index (χ2v) is 13.1. The first kappa shape index (κ1) is 32.4. The van der Waals surface area contributed by atoms with Crippen LogP contribution in [0.5, 0.6) is 5.75 Å². The third kappa shape index (κ3) is 6.97. The highest BCUT2D eigenvalue weighted by atomic mass is 16.5. The number of piperidine rings is 1. The summed E-state index contributed by atoms with van der Waals surface area (Å²) in [5.41, 5.74) is 4.27. The fourth-order valence-corrected chi connectivity index (χ4v) is 5.70. The number of carboxylic acids is 1. The van der Waals surface area contributed by atoms with Gasteiger partial charge in [0.2, 0.25) is 0 Å². The number of hydrogen-bond donors (Lipinski definition) is 1. The lowest BCUT2D eigenvalue weighted by Crippen LogP contribution is -2.45. The summed E-state index contributed by atoms with van der Waals surface area (Å²) in [7, 11) is 1.74. The number of anilines is 1. The van der Waals surface area contributed by atoms with Gasteiger partial charge in [-0.3, -0.25) is 4.98 Å². The molecule has 5 rings (SSSR count). The van der Waals surface area contributed by atoms with E-state index in [-0.39, 0.29) is 11.7 Å². The zero-order chi connectivity index (χ0) is 32.5. The molecular formula is C35H45N5O5. The summed E-state index contributed by atoms with van der Waals surface area (Å²) in [5, 5.41) is 15.5. The molecule has 2 unspecified atom stereocenters. The Kier molecular flexibility index (Phi) is 9.19. The van der Waals surface area contributed by atoms with Gasteiger partial charge in [-0.05, 0) is 78.5 Å². The number of carboxylic acid groups (broad SMARTS) is 1. The van der Waals surface area contributed by atoms with Gasteiger partial charge in [0.15, 0.2) is 11.8 Å². The predicted octanol–water partition coefficient (Wildman–Crippen LogP) is 6.89. The van der Waals surface area contributed by atoms with Crippen molar-refractivity contribution >= 4 is 17.4 Å². The second kappa shape index (κ2) is 12.8. The Hall–Kier alpha value is -4.02. The summed E-state index contributed by atoms with van der Waals surface area (Å²) in [5.74, 6) is 0.398. The molecule has 240 valence electrons. The lowest BCUT2D eigenvalue weighted by Gasteiger charge is -2.40. The van der Waals surface area contributed by atoms with Crippen molar-refractivity contribution < 1.29 is 24.1 Å². The Morgan fingerprint density at radius 1 is 1.13 bits per heavy atom. The molecule has 4 heterocycles. The number of aromatic nitrogens is 4. The van der Waals surface area contributed by atoms with E-state index in [1.807, 2.05) is 64.2 Å². The average molecular weight is 616 g/mol. The van der Waals surface area contributed by atoms with Gasteiger partial charge >= 0.3 is 5.97 Å². The number of carbonyl (C=O) groups is 1. The lowest BCUT2D eigenvalue weighted by atomic mass is 9.93. The van der Waals surface area contributed by atoms with Gasteiger partial charge in [-0.25, -0.2) is 9.78 Å². The van der Waals surface area contributed by atoms with E-state index in [0.29, 0.717) is 35.8 Å². The molecule has 10 heteroatoms. The molecule has 0 amide bonds. The summed E-state index contributed by atoms with van der Waals surface area (Å²) in [4.78, 5) is 24.2. The smallest absolute Gasteiger partial charge is 0.337 e. The number of pyridine rings is 1. The van der Waals surface area contributed by atoms with Crippen molar-refractivity contribution in [1.82, 2.24) is 19.6 Å². The van der Waals surface area contributed by atoms with Gasteiger partial charge in [-0.15, -0.1) is 0 Å². The van der Waals surface area contributed by atoms with Crippen LogP contribution in [0.15, 0.2) is 48.8 Å². The molecule has 0 spiro atoms. The molecule has 4 aromatic rings. The first-order valence-corrected chi connectivity index (χ1v) is 15.6. The number of hydrogen-bond acceptors (Lipinski definition) is 8. The Balaban J connectivity index is 1.64. The topological polar surface area (TPSA) is 111 Å². The van der Waals surface area contributed by atoms with Crippen LogP contribution in [0.1, 0.15) is 78.2 Å². The van der Waals surface area contributed by atoms with Crippen LogP contribution in [0.4, 0.5) is 5.82 Å². The highest BCUT2D eigenvalue weighted by Gasteiger charge is 2.37. The number of aliphatic carboxylic acids is 1. The molecule has 0 saturated carbocycles. The second-order valence-electron chi connectivity index (χ2n) is 13.1. The van der Waals surface area contributed by atoms with Crippen LogP contribution in [0.25, 0.3) is 28.0 Å². The van der Waals surface area contributed by atoms with Crippen molar-refractivity contribution in [3.8, 4) is 28.1 Å². The number of benzene rings is 1. The molecule has 3 aromatic heterocycles. The Morgan fingerprint density at radius 3 is 2.49 bits per heavy atom. The molecule has 0 bridgehead atoms. The van der Waals surface area contributed by atoms with Gasteiger partial charge in [0, 0.05) is 55.5 Å². The van der Waals surface area contributed by atoms with Crippen LogP contribution in [0.3, 0.4) is 0 Å². The van der Waals surface area contributed by atoms with Crippen LogP contribution >= 0.6 is 0 Å². The molecule has 45 heavy (non-hydrogen) atoms. The van der Waals surface area contributed by atoms with Crippen LogP contribution in [-0.2, 0) is 14.3 Å². The van der Waals surface area contributed by atoms with E-state index in [9.17, 15) is 9.90 Å². The summed E-state index contributed by atoms with van der Waals surface area (Å²) < 4.78 is 20.0. The first-order valence-electron chi connectivity index (χ1n) is 15.6. The van der Waals surface area contributed by atoms with E-state index in [1.54, 1.807) is 17.8 Å². The summed E-state index contributed by atoms with van der Waals surface area (Å²) in [6, 6.07) is 12.0. The maximum absolute atomic E-state index is 12.7. The molecule has 1 aromatic carbocycles. The number of nitrogens with zero attached hydrogens (tertiary/aromatic N) is 5. The molecule has 10 nitrogen and oxygen atoms in total. The maximum atomic E-state index is 12.7. The Morgan fingerprint density at radius 2 is 1.84 bits per heavy atom. The summed E-state index contributed by atoms with van der Waals surface area (Å²) >= 11 is 0. The van der Waals surface area contributed by atoms with E-state index in [1.165, 1.54) is 0 Å². The van der Waals surface area contributed by atoms with E-state index in [4.69, 9.17) is 24.3 Å². The number of aryl methyl sites for hydroxylation is 1. The van der Waals surface area contributed by atoms with E-state index < -0.39 is 17.7 Å². The van der Waals surface area contributed by atoms with Gasteiger partial charge in [0.1, 0.15) is 11.6 Å². The Labute approximate surface area is 265 Å². The number of methoxy groups -OCH3 is 1. The minimum Gasteiger partial charge on any atom is -0.490 e. The molecule has 1 N–H and O–H groups in total. The third-order valence-corrected chi connectivity index (χ3v) is 8.53. The minimum atomic E-state index is -1.22. The normalized spacial score (nSPS) is 16.5. The number of rotatable bonds is 10. The molecular weight excluding hydrogens is 570 g/mol. The molecule has 1 aliphatic heterocycles. The SMILES string of the molecule is CCC(C)Oc1ccncc1-c1cccc(-c2cc3nc(C)c(C(OC(C)(C)C)C(=O)O)c(N4CCC(C)(OC)CC4)n3n2)c1. The standard InChI is InChI=1S/C35H45N5O5/c1-9-22(2)44-28-13-16-36-21-26(28)24-11-10-12-25(19-24)27-20-29-37-23(3)30(31(33(41)42)45-34(4,5)6)32(40(29)38-27)39-17-14-35(7,43-8)15-18-39/h10-13,16,19-22,31H,9,14-15,17-18H2,1-8H3,(H,41,42). The fraction of sp³-hybridized carbons (Fsp3) is 0.486. The quantitative estimate of drug-likeness (QED) is 0.204. The summed E-state index contributed by atoms with van der Waals surface area (Å²) in [6.45, 7) is 15.0. The third-order valence-electron chi connectivity index (χ3n) is 8.53. The fourth-order valence-electron chi connectivity index (χ4n) is 5.70. The van der Waals surface area contributed by atoms with Crippen LogP contribution in [0, 0.1) is 6.92 Å². The van der Waals surface area contributed by atoms with E-state index in [2.05, 4.69) is 36.7 Å². The van der Waals surface area contributed by atoms with Crippen molar-refractivity contribution in [3.63, 3.8) is 0 Å². The van der Waals surface area contributed by atoms with Crippen molar-refractivity contribution in [2.75, 3.05) is 25.1 Å². The van der Waals surface area contributed by atoms with Crippen molar-refractivity contribution in [3.05, 3.63) is 60.0 Å². The summed E-state index contributed by atoms with van der Waals surface area (Å²) in [6.07, 6.45) is 4.87. The zero-order valence-corrected chi connectivity index (χ0v) is 27.6. The van der Waals surface area contributed by atoms with E-state index >= 15 is 0 Å². The highest BCUT2D eigenvalue weighted by Crippen LogP contribution is 2.39. The van der Waals surface area contributed by atoms with Gasteiger partial charge in [0.05, 0.1) is 28.6 Å². The number of ether oxygens (including phenoxy) is 3. The minimum absolute atomic E-state index is 0.0723. The van der Waals surface area contributed by atoms with Crippen LogP contribution in [0.2, 0.25) is 0 Å². The molecule has 1 aliphatic rings. The lowest BCUT2D eigenvalue weighted by molar-refractivity contribution is -0.160. The van der Waals surface area contributed by atoms with Crippen molar-refractivity contribution in [2.45, 2.75) is 91.1 Å². The van der Waals surface area contributed by atoms with E-state index in [0.717, 1.165) is 47.4 Å². The molecule has 0 aliphatic carbocycles. The van der Waals surface area contributed by atoms with Crippen LogP contribution in [-0.4, -0.2) is 68.2 Å². The van der Waals surface area contributed by atoms with Gasteiger partial charge in [-0.1, -0.05) is 25.1 Å². The zero-order valence-electron chi connectivity index (χ0n) is 27.6. The van der Waals surface area contributed by atoms with Crippen LogP contribution < -0.4 is 9.64 Å². The number of fused-ring (bicyclic) bond motifs is 1. The van der Waals surface area contributed by atoms with Gasteiger partial charge in [0.25, 0.3) is 0 Å². The van der Waals surface area contributed by atoms with Gasteiger partial charge in [-0.2, -0.15) is 9.61 Å². The van der Waals surface area contributed by atoms with Gasteiger partial charge < -0.3 is 24.2 Å². The Bertz CT molecular complexity index is 1670. The largest absolute Gasteiger partial charge is 0.490 e. The first-order chi connectivity index (χ1) is 21.3.